The van der Waals surface area contributed by atoms with E-state index in [4.69, 9.17) is 0 Å². The molecule has 1 aliphatic rings. The Labute approximate surface area is 136 Å². The van der Waals surface area contributed by atoms with Gasteiger partial charge in [0, 0.05) is 42.9 Å². The predicted octanol–water partition coefficient (Wildman–Crippen LogP) is 3.08. The first kappa shape index (κ1) is 14.8. The number of halogens is 1. The van der Waals surface area contributed by atoms with Gasteiger partial charge in [-0.25, -0.2) is 4.98 Å². The zero-order valence-corrected chi connectivity index (χ0v) is 13.4. The number of piperazine rings is 1. The van der Waals surface area contributed by atoms with Crippen LogP contribution in [0.5, 0.6) is 0 Å². The molecule has 7 heteroatoms. The average molecular weight is 363 g/mol. The summed E-state index contributed by atoms with van der Waals surface area (Å²) in [6.07, 6.45) is 1.78. The van der Waals surface area contributed by atoms with Crippen molar-refractivity contribution in [3.8, 4) is 0 Å². The molecule has 1 saturated heterocycles. The first-order valence-corrected chi connectivity index (χ1v) is 7.80. The Hall–Kier alpha value is -2.15. The number of hydrogen-bond donors (Lipinski definition) is 0. The quantitative estimate of drug-likeness (QED) is 0.620. The van der Waals surface area contributed by atoms with Gasteiger partial charge in [-0.2, -0.15) is 0 Å². The van der Waals surface area contributed by atoms with E-state index in [0.717, 1.165) is 36.5 Å². The van der Waals surface area contributed by atoms with E-state index in [9.17, 15) is 10.1 Å². The first-order chi connectivity index (χ1) is 10.7. The lowest BCUT2D eigenvalue weighted by Crippen LogP contribution is -2.47. The topological polar surface area (TPSA) is 62.5 Å². The van der Waals surface area contributed by atoms with E-state index < -0.39 is 0 Å². The van der Waals surface area contributed by atoms with Crippen LogP contribution in [0.2, 0.25) is 0 Å². The van der Waals surface area contributed by atoms with E-state index in [2.05, 4.69) is 30.7 Å². The van der Waals surface area contributed by atoms with Crippen LogP contribution in [0, 0.1) is 10.1 Å². The molecule has 0 radical (unpaired) electrons. The fraction of sp³-hybridized carbons (Fsp3) is 0.267. The molecule has 0 atom stereocenters. The van der Waals surface area contributed by atoms with E-state index in [0.29, 0.717) is 5.69 Å². The Morgan fingerprint density at radius 2 is 1.77 bits per heavy atom. The fourth-order valence-corrected chi connectivity index (χ4v) is 3.27. The number of nitrogens with zero attached hydrogens (tertiary/aromatic N) is 4. The van der Waals surface area contributed by atoms with Crippen molar-refractivity contribution in [2.75, 3.05) is 36.0 Å². The molecule has 114 valence electrons. The highest BCUT2D eigenvalue weighted by Gasteiger charge is 2.26. The van der Waals surface area contributed by atoms with Crippen LogP contribution in [-0.2, 0) is 0 Å². The molecule has 2 aromatic rings. The highest BCUT2D eigenvalue weighted by atomic mass is 79.9. The van der Waals surface area contributed by atoms with Crippen molar-refractivity contribution in [3.63, 3.8) is 0 Å². The molecule has 22 heavy (non-hydrogen) atoms. The molecular weight excluding hydrogens is 348 g/mol. The molecule has 0 saturated carbocycles. The van der Waals surface area contributed by atoms with Crippen molar-refractivity contribution in [1.82, 2.24) is 4.98 Å². The van der Waals surface area contributed by atoms with Crippen molar-refractivity contribution >= 4 is 33.1 Å². The number of nitro benzene ring substituents is 1. The van der Waals surface area contributed by atoms with Crippen molar-refractivity contribution in [1.29, 1.82) is 0 Å². The van der Waals surface area contributed by atoms with Gasteiger partial charge in [0.2, 0.25) is 0 Å². The summed E-state index contributed by atoms with van der Waals surface area (Å²) in [7, 11) is 0. The molecule has 1 fully saturated rings. The van der Waals surface area contributed by atoms with Crippen LogP contribution in [0.15, 0.2) is 47.1 Å². The van der Waals surface area contributed by atoms with Crippen LogP contribution in [-0.4, -0.2) is 36.1 Å². The SMILES string of the molecule is O=[N+]([O-])c1cccc(Br)c1N1CCN(c2ccccn2)CC1. The van der Waals surface area contributed by atoms with Gasteiger partial charge in [-0.05, 0) is 34.1 Å². The van der Waals surface area contributed by atoms with E-state index in [1.165, 1.54) is 0 Å². The maximum atomic E-state index is 11.2. The van der Waals surface area contributed by atoms with Crippen LogP contribution in [0.25, 0.3) is 0 Å². The molecule has 3 rings (SSSR count). The largest absolute Gasteiger partial charge is 0.362 e. The van der Waals surface area contributed by atoms with Crippen LogP contribution >= 0.6 is 15.9 Å². The van der Waals surface area contributed by atoms with Gasteiger partial charge >= 0.3 is 0 Å². The lowest BCUT2D eigenvalue weighted by atomic mass is 10.2. The molecule has 0 unspecified atom stereocenters. The van der Waals surface area contributed by atoms with Crippen LogP contribution < -0.4 is 9.80 Å². The highest BCUT2D eigenvalue weighted by Crippen LogP contribution is 2.36. The monoisotopic (exact) mass is 362 g/mol. The van der Waals surface area contributed by atoms with Crippen molar-refractivity contribution in [2.45, 2.75) is 0 Å². The van der Waals surface area contributed by atoms with Gasteiger partial charge in [-0.15, -0.1) is 0 Å². The number of hydrogen-bond acceptors (Lipinski definition) is 5. The summed E-state index contributed by atoms with van der Waals surface area (Å²) in [4.78, 5) is 19.5. The minimum Gasteiger partial charge on any atom is -0.362 e. The highest BCUT2D eigenvalue weighted by molar-refractivity contribution is 9.10. The fourth-order valence-electron chi connectivity index (χ4n) is 2.66. The van der Waals surface area contributed by atoms with E-state index in [-0.39, 0.29) is 10.6 Å². The molecule has 0 bridgehead atoms. The van der Waals surface area contributed by atoms with Gasteiger partial charge in [0.25, 0.3) is 5.69 Å². The number of para-hydroxylation sites is 1. The molecule has 1 aromatic heterocycles. The van der Waals surface area contributed by atoms with Crippen LogP contribution in [0.3, 0.4) is 0 Å². The van der Waals surface area contributed by atoms with Gasteiger partial charge in [-0.1, -0.05) is 12.1 Å². The lowest BCUT2D eigenvalue weighted by molar-refractivity contribution is -0.384. The Bertz CT molecular complexity index is 672. The summed E-state index contributed by atoms with van der Waals surface area (Å²) in [6, 6.07) is 10.9. The third-order valence-electron chi connectivity index (χ3n) is 3.73. The average Bonchev–Trinajstić information content (AvgIpc) is 2.55. The Morgan fingerprint density at radius 3 is 2.41 bits per heavy atom. The number of nitro groups is 1. The third kappa shape index (κ3) is 2.89. The summed E-state index contributed by atoms with van der Waals surface area (Å²) < 4.78 is 0.757. The molecule has 0 N–H and O–H groups in total. The molecule has 0 spiro atoms. The summed E-state index contributed by atoms with van der Waals surface area (Å²) >= 11 is 3.44. The Balaban J connectivity index is 1.79. The number of benzene rings is 1. The normalized spacial score (nSPS) is 15.0. The Morgan fingerprint density at radius 1 is 1.05 bits per heavy atom. The van der Waals surface area contributed by atoms with Crippen molar-refractivity contribution < 1.29 is 4.92 Å². The van der Waals surface area contributed by atoms with E-state index >= 15 is 0 Å². The summed E-state index contributed by atoms with van der Waals surface area (Å²) in [6.45, 7) is 3.02. The molecule has 6 nitrogen and oxygen atoms in total. The summed E-state index contributed by atoms with van der Waals surface area (Å²) in [5.74, 6) is 0.948. The van der Waals surface area contributed by atoms with Gasteiger partial charge in [0.1, 0.15) is 11.5 Å². The molecule has 0 aliphatic carbocycles. The minimum absolute atomic E-state index is 0.140. The zero-order valence-electron chi connectivity index (χ0n) is 11.9. The molecule has 1 aromatic carbocycles. The zero-order chi connectivity index (χ0) is 15.5. The van der Waals surface area contributed by atoms with Crippen molar-refractivity contribution in [2.24, 2.45) is 0 Å². The third-order valence-corrected chi connectivity index (χ3v) is 4.37. The summed E-state index contributed by atoms with van der Waals surface area (Å²) in [5, 5.41) is 11.2. The minimum atomic E-state index is -0.328. The van der Waals surface area contributed by atoms with E-state index in [1.807, 2.05) is 24.3 Å². The maximum absolute atomic E-state index is 11.2. The van der Waals surface area contributed by atoms with Gasteiger partial charge in [-0.3, -0.25) is 10.1 Å². The Kier molecular flexibility index (Phi) is 4.24. The molecule has 0 amide bonds. The second-order valence-electron chi connectivity index (χ2n) is 5.03. The lowest BCUT2D eigenvalue weighted by Gasteiger charge is -2.36. The molecule has 2 heterocycles. The number of anilines is 2. The van der Waals surface area contributed by atoms with E-state index in [1.54, 1.807) is 18.3 Å². The number of pyridine rings is 1. The smallest absolute Gasteiger partial charge is 0.293 e. The number of rotatable bonds is 3. The van der Waals surface area contributed by atoms with Crippen LogP contribution in [0.1, 0.15) is 0 Å². The first-order valence-electron chi connectivity index (χ1n) is 7.00. The van der Waals surface area contributed by atoms with Gasteiger partial charge < -0.3 is 9.80 Å². The maximum Gasteiger partial charge on any atom is 0.293 e. The second-order valence-corrected chi connectivity index (χ2v) is 5.88. The second kappa shape index (κ2) is 6.31. The van der Waals surface area contributed by atoms with Gasteiger partial charge in [0.15, 0.2) is 0 Å². The van der Waals surface area contributed by atoms with Gasteiger partial charge in [0.05, 0.1) is 4.92 Å². The summed E-state index contributed by atoms with van der Waals surface area (Å²) in [5.41, 5.74) is 0.800. The molecular formula is C15H15BrN4O2. The number of aromatic nitrogens is 1. The molecule has 1 aliphatic heterocycles. The van der Waals surface area contributed by atoms with Crippen molar-refractivity contribution in [3.05, 3.63) is 57.2 Å². The predicted molar refractivity (Wildman–Crippen MR) is 89.5 cm³/mol. The van der Waals surface area contributed by atoms with Crippen LogP contribution in [0.4, 0.5) is 17.2 Å². The standard InChI is InChI=1S/C15H15BrN4O2/c16-12-4-3-5-13(20(21)22)15(12)19-10-8-18(9-11-19)14-6-1-2-7-17-14/h1-7H,8-11H2.